The predicted molar refractivity (Wildman–Crippen MR) is 127 cm³/mol. The molecular formula is C25H22N6O3. The first kappa shape index (κ1) is 20.2. The number of carbonyl (C=O) groups is 1. The molecule has 9 nitrogen and oxygen atoms in total. The third-order valence-corrected chi connectivity index (χ3v) is 6.16. The highest BCUT2D eigenvalue weighted by atomic mass is 16.5. The van der Waals surface area contributed by atoms with E-state index in [2.05, 4.69) is 15.1 Å². The van der Waals surface area contributed by atoms with Gasteiger partial charge in [0.1, 0.15) is 5.75 Å². The van der Waals surface area contributed by atoms with Crippen LogP contribution in [0.25, 0.3) is 28.1 Å². The van der Waals surface area contributed by atoms with Crippen molar-refractivity contribution in [2.75, 3.05) is 38.2 Å². The molecule has 0 aliphatic carbocycles. The van der Waals surface area contributed by atoms with Crippen LogP contribution < -0.4 is 9.64 Å². The molecule has 0 unspecified atom stereocenters. The Morgan fingerprint density at radius 2 is 1.74 bits per heavy atom. The summed E-state index contributed by atoms with van der Waals surface area (Å²) in [5.74, 6) is 2.50. The van der Waals surface area contributed by atoms with Gasteiger partial charge in [-0.15, -0.1) is 10.2 Å². The molecular weight excluding hydrogens is 432 g/mol. The van der Waals surface area contributed by atoms with Gasteiger partial charge in [-0.3, -0.25) is 4.79 Å². The lowest BCUT2D eigenvalue weighted by Crippen LogP contribution is -2.49. The minimum Gasteiger partial charge on any atom is -0.496 e. The zero-order valence-electron chi connectivity index (χ0n) is 18.6. The SMILES string of the molecule is COc1ccccc1C(=O)N1CCN(c2nc3ccccc3c3nnc(-c4ccco4)n23)CC1. The maximum atomic E-state index is 13.2. The number of methoxy groups -OCH3 is 1. The predicted octanol–water partition coefficient (Wildman–Crippen LogP) is 3.51. The number of rotatable bonds is 4. The number of fused-ring (bicyclic) bond motifs is 3. The van der Waals surface area contributed by atoms with Crippen LogP contribution in [0.3, 0.4) is 0 Å². The quantitative estimate of drug-likeness (QED) is 0.411. The fourth-order valence-electron chi connectivity index (χ4n) is 4.44. The summed E-state index contributed by atoms with van der Waals surface area (Å²) in [5, 5.41) is 9.81. The third-order valence-electron chi connectivity index (χ3n) is 6.16. The molecule has 3 aromatic heterocycles. The summed E-state index contributed by atoms with van der Waals surface area (Å²) in [7, 11) is 1.58. The molecule has 1 fully saturated rings. The van der Waals surface area contributed by atoms with E-state index in [0.29, 0.717) is 49.1 Å². The second-order valence-electron chi connectivity index (χ2n) is 8.07. The Hall–Kier alpha value is -4.40. The van der Waals surface area contributed by atoms with Gasteiger partial charge in [-0.25, -0.2) is 9.38 Å². The van der Waals surface area contributed by atoms with E-state index in [-0.39, 0.29) is 5.91 Å². The van der Waals surface area contributed by atoms with Crippen LogP contribution in [-0.2, 0) is 0 Å². The molecule has 1 amide bonds. The molecule has 6 rings (SSSR count). The number of benzene rings is 2. The number of para-hydroxylation sites is 2. The Kier molecular flexibility index (Phi) is 4.87. The lowest BCUT2D eigenvalue weighted by atomic mass is 10.1. The van der Waals surface area contributed by atoms with Gasteiger partial charge in [-0.1, -0.05) is 24.3 Å². The molecule has 170 valence electrons. The first-order valence-corrected chi connectivity index (χ1v) is 11.1. The Bertz CT molecular complexity index is 1490. The number of hydrogen-bond donors (Lipinski definition) is 0. The number of anilines is 1. The standard InChI is InChI=1S/C25H22N6O3/c1-33-20-10-5-3-8-18(20)24(32)29-12-14-30(15-13-29)25-26-19-9-4-2-7-17(19)22-27-28-23(31(22)25)21-11-6-16-34-21/h2-11,16H,12-15H2,1H3. The van der Waals surface area contributed by atoms with E-state index < -0.39 is 0 Å². The van der Waals surface area contributed by atoms with Crippen molar-refractivity contribution in [3.8, 4) is 17.3 Å². The topological polar surface area (TPSA) is 89.0 Å². The Morgan fingerprint density at radius 3 is 2.53 bits per heavy atom. The maximum absolute atomic E-state index is 13.2. The van der Waals surface area contributed by atoms with Crippen molar-refractivity contribution in [2.45, 2.75) is 0 Å². The van der Waals surface area contributed by atoms with E-state index in [1.54, 1.807) is 25.5 Å². The van der Waals surface area contributed by atoms with Crippen LogP contribution in [-0.4, -0.2) is 63.7 Å². The maximum Gasteiger partial charge on any atom is 0.257 e. The third kappa shape index (κ3) is 3.24. The lowest BCUT2D eigenvalue weighted by molar-refractivity contribution is 0.0743. The molecule has 0 N–H and O–H groups in total. The number of piperazine rings is 1. The van der Waals surface area contributed by atoms with Crippen molar-refractivity contribution in [1.29, 1.82) is 0 Å². The Balaban J connectivity index is 1.36. The van der Waals surface area contributed by atoms with E-state index in [9.17, 15) is 4.79 Å². The average molecular weight is 454 g/mol. The molecule has 1 aliphatic heterocycles. The number of nitrogens with zero attached hydrogens (tertiary/aromatic N) is 6. The van der Waals surface area contributed by atoms with Gasteiger partial charge < -0.3 is 19.0 Å². The minimum atomic E-state index is -0.0331. The van der Waals surface area contributed by atoms with Crippen LogP contribution in [0.5, 0.6) is 5.75 Å². The zero-order chi connectivity index (χ0) is 23.1. The summed E-state index contributed by atoms with van der Waals surface area (Å²) < 4.78 is 13.0. The molecule has 4 heterocycles. The summed E-state index contributed by atoms with van der Waals surface area (Å²) in [6, 6.07) is 18.9. The molecule has 2 aromatic carbocycles. The molecule has 0 saturated carbocycles. The van der Waals surface area contributed by atoms with Crippen molar-refractivity contribution in [3.63, 3.8) is 0 Å². The second kappa shape index (κ2) is 8.18. The van der Waals surface area contributed by atoms with Crippen LogP contribution in [0.15, 0.2) is 71.3 Å². The number of ether oxygens (including phenoxy) is 1. The lowest BCUT2D eigenvalue weighted by Gasteiger charge is -2.35. The largest absolute Gasteiger partial charge is 0.496 e. The Labute approximate surface area is 195 Å². The monoisotopic (exact) mass is 454 g/mol. The van der Waals surface area contributed by atoms with Crippen LogP contribution in [0, 0.1) is 0 Å². The molecule has 0 spiro atoms. The highest BCUT2D eigenvalue weighted by Crippen LogP contribution is 2.29. The van der Waals surface area contributed by atoms with Gasteiger partial charge in [0.2, 0.25) is 11.8 Å². The van der Waals surface area contributed by atoms with E-state index in [4.69, 9.17) is 14.1 Å². The fraction of sp³-hybridized carbons (Fsp3) is 0.200. The Morgan fingerprint density at radius 1 is 0.941 bits per heavy atom. The van der Waals surface area contributed by atoms with Crippen molar-refractivity contribution < 1.29 is 13.9 Å². The molecule has 0 atom stereocenters. The fourth-order valence-corrected chi connectivity index (χ4v) is 4.44. The van der Waals surface area contributed by atoms with Crippen LogP contribution in [0.1, 0.15) is 10.4 Å². The van der Waals surface area contributed by atoms with Crippen molar-refractivity contribution in [2.24, 2.45) is 0 Å². The minimum absolute atomic E-state index is 0.0331. The molecule has 1 saturated heterocycles. The van der Waals surface area contributed by atoms with E-state index in [1.807, 2.05) is 57.8 Å². The number of amides is 1. The highest BCUT2D eigenvalue weighted by Gasteiger charge is 2.27. The molecule has 1 aliphatic rings. The van der Waals surface area contributed by atoms with Crippen molar-refractivity contribution in [1.82, 2.24) is 24.5 Å². The second-order valence-corrected chi connectivity index (χ2v) is 8.07. The number of hydrogen-bond acceptors (Lipinski definition) is 7. The van der Waals surface area contributed by atoms with E-state index >= 15 is 0 Å². The molecule has 34 heavy (non-hydrogen) atoms. The molecule has 0 radical (unpaired) electrons. The number of aromatic nitrogens is 4. The van der Waals surface area contributed by atoms with Crippen LogP contribution in [0.4, 0.5) is 5.95 Å². The summed E-state index contributed by atoms with van der Waals surface area (Å²) in [6.07, 6.45) is 1.62. The normalized spacial score (nSPS) is 14.1. The van der Waals surface area contributed by atoms with Crippen molar-refractivity contribution >= 4 is 28.4 Å². The van der Waals surface area contributed by atoms with E-state index in [1.165, 1.54) is 0 Å². The zero-order valence-corrected chi connectivity index (χ0v) is 18.6. The average Bonchev–Trinajstić information content (AvgIpc) is 3.58. The number of furan rings is 1. The van der Waals surface area contributed by atoms with E-state index in [0.717, 1.165) is 22.5 Å². The number of carbonyl (C=O) groups excluding carboxylic acids is 1. The molecule has 0 bridgehead atoms. The molecule has 5 aromatic rings. The van der Waals surface area contributed by atoms with Gasteiger partial charge in [0.15, 0.2) is 11.4 Å². The summed E-state index contributed by atoms with van der Waals surface area (Å²) >= 11 is 0. The smallest absolute Gasteiger partial charge is 0.257 e. The first-order chi connectivity index (χ1) is 16.7. The van der Waals surface area contributed by atoms with Crippen molar-refractivity contribution in [3.05, 3.63) is 72.5 Å². The highest BCUT2D eigenvalue weighted by molar-refractivity contribution is 5.97. The van der Waals surface area contributed by atoms with Gasteiger partial charge in [0.05, 0.1) is 24.5 Å². The van der Waals surface area contributed by atoms with Gasteiger partial charge in [-0.2, -0.15) is 0 Å². The van der Waals surface area contributed by atoms with Gasteiger partial charge in [-0.05, 0) is 36.4 Å². The van der Waals surface area contributed by atoms with Gasteiger partial charge in [0.25, 0.3) is 5.91 Å². The first-order valence-electron chi connectivity index (χ1n) is 11.1. The summed E-state index contributed by atoms with van der Waals surface area (Å²) in [6.45, 7) is 2.37. The summed E-state index contributed by atoms with van der Waals surface area (Å²) in [5.41, 5.74) is 2.14. The van der Waals surface area contributed by atoms with Gasteiger partial charge >= 0.3 is 0 Å². The van der Waals surface area contributed by atoms with Crippen LogP contribution in [0.2, 0.25) is 0 Å². The summed E-state index contributed by atoms with van der Waals surface area (Å²) in [4.78, 5) is 22.1. The van der Waals surface area contributed by atoms with Crippen LogP contribution >= 0.6 is 0 Å². The molecule has 9 heteroatoms. The van der Waals surface area contributed by atoms with Gasteiger partial charge in [0, 0.05) is 31.6 Å².